The summed E-state index contributed by atoms with van der Waals surface area (Å²) in [5, 5.41) is 5.74. The van der Waals surface area contributed by atoms with Crippen LogP contribution in [0.25, 0.3) is 15.9 Å². The van der Waals surface area contributed by atoms with Gasteiger partial charge in [-0.3, -0.25) is 4.79 Å². The average molecular weight is 351 g/mol. The summed E-state index contributed by atoms with van der Waals surface area (Å²) in [6.45, 7) is 6.03. The van der Waals surface area contributed by atoms with Gasteiger partial charge in [-0.05, 0) is 50.1 Å². The highest BCUT2D eigenvalue weighted by molar-refractivity contribution is 7.16. The second-order valence-electron chi connectivity index (χ2n) is 6.03. The van der Waals surface area contributed by atoms with Gasteiger partial charge < -0.3 is 4.74 Å². The van der Waals surface area contributed by atoms with Crippen molar-refractivity contribution in [3.8, 4) is 5.75 Å². The summed E-state index contributed by atoms with van der Waals surface area (Å²) in [7, 11) is 0. The molecule has 4 rings (SSSR count). The van der Waals surface area contributed by atoms with Crippen LogP contribution in [0, 0.1) is 13.8 Å². The first-order valence-electron chi connectivity index (χ1n) is 8.06. The second-order valence-corrected chi connectivity index (χ2v) is 7.01. The molecule has 0 radical (unpaired) electrons. The topological polar surface area (TPSA) is 56.5 Å². The molecule has 0 N–H and O–H groups in total. The number of para-hydroxylation sites is 1. The molecular formula is C19H17N3O2S. The zero-order valence-corrected chi connectivity index (χ0v) is 15.0. The minimum Gasteiger partial charge on any atom is -0.483 e. The fourth-order valence-corrected chi connectivity index (χ4v) is 3.60. The quantitative estimate of drug-likeness (QED) is 0.558. The van der Waals surface area contributed by atoms with Gasteiger partial charge in [0.1, 0.15) is 11.9 Å². The molecule has 2 heterocycles. The molecule has 4 aromatic rings. The van der Waals surface area contributed by atoms with Crippen molar-refractivity contribution < 1.29 is 4.74 Å². The maximum Gasteiger partial charge on any atom is 0.283 e. The molecule has 0 spiro atoms. The summed E-state index contributed by atoms with van der Waals surface area (Å²) >= 11 is 1.38. The van der Waals surface area contributed by atoms with Crippen LogP contribution in [0.3, 0.4) is 0 Å². The molecule has 0 amide bonds. The van der Waals surface area contributed by atoms with Gasteiger partial charge in [0.2, 0.25) is 4.96 Å². The van der Waals surface area contributed by atoms with E-state index in [0.717, 1.165) is 16.3 Å². The van der Waals surface area contributed by atoms with Gasteiger partial charge in [-0.25, -0.2) is 4.98 Å². The molecule has 2 aromatic carbocycles. The molecular weight excluding hydrogens is 334 g/mol. The van der Waals surface area contributed by atoms with Gasteiger partial charge in [-0.2, -0.15) is 9.61 Å². The number of benzene rings is 2. The summed E-state index contributed by atoms with van der Waals surface area (Å²) < 4.78 is 7.45. The Morgan fingerprint density at radius 1 is 1.12 bits per heavy atom. The Morgan fingerprint density at radius 2 is 1.92 bits per heavy atom. The van der Waals surface area contributed by atoms with E-state index in [9.17, 15) is 4.79 Å². The Labute approximate surface area is 148 Å². The molecule has 25 heavy (non-hydrogen) atoms. The fourth-order valence-electron chi connectivity index (χ4n) is 2.73. The number of hydrogen-bond donors (Lipinski definition) is 0. The normalized spacial score (nSPS) is 12.6. The third-order valence-corrected chi connectivity index (χ3v) is 5.39. The molecule has 0 bridgehead atoms. The van der Waals surface area contributed by atoms with Gasteiger partial charge in [0.05, 0.1) is 10.9 Å². The number of fused-ring (bicyclic) bond motifs is 2. The van der Waals surface area contributed by atoms with Crippen molar-refractivity contribution in [1.82, 2.24) is 14.6 Å². The maximum absolute atomic E-state index is 12.6. The Hall–Kier alpha value is -2.73. The second kappa shape index (κ2) is 5.97. The SMILES string of the molecule is Cc1cccc(O[C@H](C)c2nn3c(=O)c4ccccc4nc3s2)c1C. The predicted octanol–water partition coefficient (Wildman–Crippen LogP) is 4.06. The molecule has 1 atom stereocenters. The largest absolute Gasteiger partial charge is 0.483 e. The van der Waals surface area contributed by atoms with Crippen molar-refractivity contribution in [2.45, 2.75) is 26.9 Å². The van der Waals surface area contributed by atoms with E-state index in [-0.39, 0.29) is 11.7 Å². The maximum atomic E-state index is 12.6. The van der Waals surface area contributed by atoms with Crippen molar-refractivity contribution >= 4 is 27.2 Å². The van der Waals surface area contributed by atoms with Crippen LogP contribution in [0.4, 0.5) is 0 Å². The summed E-state index contributed by atoms with van der Waals surface area (Å²) in [6.07, 6.45) is -0.269. The van der Waals surface area contributed by atoms with Crippen LogP contribution in [-0.4, -0.2) is 14.6 Å². The number of rotatable bonds is 3. The minimum absolute atomic E-state index is 0.151. The first kappa shape index (κ1) is 15.8. The third-order valence-electron chi connectivity index (χ3n) is 4.32. The third kappa shape index (κ3) is 2.68. The van der Waals surface area contributed by atoms with Crippen LogP contribution in [0.5, 0.6) is 5.75 Å². The van der Waals surface area contributed by atoms with E-state index in [4.69, 9.17) is 4.74 Å². The predicted molar refractivity (Wildman–Crippen MR) is 99.6 cm³/mol. The molecule has 0 aliphatic heterocycles. The van der Waals surface area contributed by atoms with E-state index >= 15 is 0 Å². The minimum atomic E-state index is -0.269. The highest BCUT2D eigenvalue weighted by Gasteiger charge is 2.17. The number of hydrogen-bond acceptors (Lipinski definition) is 5. The van der Waals surface area contributed by atoms with Gasteiger partial charge >= 0.3 is 0 Å². The highest BCUT2D eigenvalue weighted by Crippen LogP contribution is 2.28. The molecule has 5 nitrogen and oxygen atoms in total. The average Bonchev–Trinajstić information content (AvgIpc) is 3.04. The van der Waals surface area contributed by atoms with Crippen LogP contribution in [0.1, 0.15) is 29.2 Å². The number of ether oxygens (including phenoxy) is 1. The lowest BCUT2D eigenvalue weighted by Gasteiger charge is -2.15. The van der Waals surface area contributed by atoms with Crippen LogP contribution < -0.4 is 10.3 Å². The Morgan fingerprint density at radius 3 is 2.76 bits per heavy atom. The summed E-state index contributed by atoms with van der Waals surface area (Å²) in [4.78, 5) is 17.7. The molecule has 0 saturated heterocycles. The van der Waals surface area contributed by atoms with Crippen LogP contribution >= 0.6 is 11.3 Å². The molecule has 0 fully saturated rings. The van der Waals surface area contributed by atoms with Crippen molar-refractivity contribution in [2.24, 2.45) is 0 Å². The molecule has 2 aromatic heterocycles. The lowest BCUT2D eigenvalue weighted by Crippen LogP contribution is -2.15. The van der Waals surface area contributed by atoms with Crippen molar-refractivity contribution in [3.05, 3.63) is 69.0 Å². The molecule has 0 aliphatic rings. The molecule has 0 aliphatic carbocycles. The first-order chi connectivity index (χ1) is 12.0. The summed E-state index contributed by atoms with van der Waals surface area (Å²) in [6, 6.07) is 13.3. The van der Waals surface area contributed by atoms with Gasteiger partial charge in [0.15, 0.2) is 5.01 Å². The smallest absolute Gasteiger partial charge is 0.283 e. The van der Waals surface area contributed by atoms with Gasteiger partial charge in [0.25, 0.3) is 5.56 Å². The standard InChI is InChI=1S/C19H17N3O2S/c1-11-7-6-10-16(12(11)2)24-13(3)17-21-22-18(23)14-8-4-5-9-15(14)20-19(22)25-17/h4-10,13H,1-3H3/t13-/m1/s1. The summed E-state index contributed by atoms with van der Waals surface area (Å²) in [5.74, 6) is 0.831. The monoisotopic (exact) mass is 351 g/mol. The van der Waals surface area contributed by atoms with E-state index in [0.29, 0.717) is 15.9 Å². The van der Waals surface area contributed by atoms with E-state index in [1.165, 1.54) is 21.4 Å². The Balaban J connectivity index is 1.76. The van der Waals surface area contributed by atoms with Crippen molar-refractivity contribution in [1.29, 1.82) is 0 Å². The zero-order chi connectivity index (χ0) is 17.6. The molecule has 126 valence electrons. The van der Waals surface area contributed by atoms with E-state index < -0.39 is 0 Å². The van der Waals surface area contributed by atoms with E-state index in [1.54, 1.807) is 6.07 Å². The lowest BCUT2D eigenvalue weighted by molar-refractivity contribution is 0.223. The van der Waals surface area contributed by atoms with E-state index in [1.807, 2.05) is 44.2 Å². The lowest BCUT2D eigenvalue weighted by atomic mass is 10.1. The number of aromatic nitrogens is 3. The number of nitrogens with zero attached hydrogens (tertiary/aromatic N) is 3. The van der Waals surface area contributed by atoms with Gasteiger partial charge in [0, 0.05) is 0 Å². The zero-order valence-electron chi connectivity index (χ0n) is 14.2. The molecule has 0 unspecified atom stereocenters. The fraction of sp³-hybridized carbons (Fsp3) is 0.211. The summed E-state index contributed by atoms with van der Waals surface area (Å²) in [5.41, 5.74) is 2.82. The van der Waals surface area contributed by atoms with Crippen LogP contribution in [0.2, 0.25) is 0 Å². The van der Waals surface area contributed by atoms with Crippen LogP contribution in [0.15, 0.2) is 47.3 Å². The first-order valence-corrected chi connectivity index (χ1v) is 8.87. The molecule has 0 saturated carbocycles. The Kier molecular flexibility index (Phi) is 3.77. The molecule has 6 heteroatoms. The van der Waals surface area contributed by atoms with Crippen molar-refractivity contribution in [3.63, 3.8) is 0 Å². The van der Waals surface area contributed by atoms with Gasteiger partial charge in [-0.15, -0.1) is 0 Å². The van der Waals surface area contributed by atoms with Crippen LogP contribution in [-0.2, 0) is 0 Å². The Bertz CT molecular complexity index is 1150. The number of aryl methyl sites for hydroxylation is 1. The van der Waals surface area contributed by atoms with E-state index in [2.05, 4.69) is 23.1 Å². The van der Waals surface area contributed by atoms with Gasteiger partial charge in [-0.1, -0.05) is 35.6 Å². The van der Waals surface area contributed by atoms with Crippen molar-refractivity contribution in [2.75, 3.05) is 0 Å². The highest BCUT2D eigenvalue weighted by atomic mass is 32.1.